The zero-order valence-corrected chi connectivity index (χ0v) is 16.9. The van der Waals surface area contributed by atoms with E-state index in [2.05, 4.69) is 14.9 Å². The van der Waals surface area contributed by atoms with Crippen LogP contribution in [0.4, 0.5) is 11.6 Å². The minimum Gasteiger partial charge on any atom is -0.378 e. The number of ether oxygens (including phenoxy) is 1. The Labute approximate surface area is 170 Å². The van der Waals surface area contributed by atoms with Crippen LogP contribution in [0.15, 0.2) is 64.6 Å². The second-order valence-corrected chi connectivity index (χ2v) is 8.91. The Hall–Kier alpha value is -2.97. The summed E-state index contributed by atoms with van der Waals surface area (Å²) in [6.07, 6.45) is 3.20. The van der Waals surface area contributed by atoms with Gasteiger partial charge in [0, 0.05) is 36.7 Å². The van der Waals surface area contributed by atoms with Crippen LogP contribution < -0.4 is 10.6 Å². The molecule has 1 aromatic heterocycles. The summed E-state index contributed by atoms with van der Waals surface area (Å²) in [7, 11) is -3.68. The number of benzene rings is 2. The van der Waals surface area contributed by atoms with Gasteiger partial charge in [0.25, 0.3) is 0 Å². The van der Waals surface area contributed by atoms with Gasteiger partial charge < -0.3 is 15.4 Å². The van der Waals surface area contributed by atoms with Gasteiger partial charge in [-0.15, -0.1) is 0 Å². The number of aromatic nitrogens is 2. The number of sulfone groups is 1. The van der Waals surface area contributed by atoms with Crippen LogP contribution in [0.1, 0.15) is 5.56 Å². The summed E-state index contributed by atoms with van der Waals surface area (Å²) in [5, 5.41) is 0. The molecule has 0 radical (unpaired) electrons. The highest BCUT2D eigenvalue weighted by molar-refractivity contribution is 7.91. The molecule has 150 valence electrons. The van der Waals surface area contributed by atoms with E-state index in [9.17, 15) is 8.42 Å². The SMILES string of the molecule is Cc1ccc(S(=O)(=O)c2cc(-c3cnc(N)nc3)cc(N3CCOCC3)c2)cc1. The van der Waals surface area contributed by atoms with Gasteiger partial charge in [0.15, 0.2) is 0 Å². The van der Waals surface area contributed by atoms with Gasteiger partial charge in [0.05, 0.1) is 23.0 Å². The molecule has 2 aromatic carbocycles. The predicted octanol–water partition coefficient (Wildman–Crippen LogP) is 2.70. The lowest BCUT2D eigenvalue weighted by molar-refractivity contribution is 0.122. The molecule has 4 rings (SSSR count). The van der Waals surface area contributed by atoms with Crippen LogP contribution >= 0.6 is 0 Å². The largest absolute Gasteiger partial charge is 0.378 e. The average molecular weight is 410 g/mol. The van der Waals surface area contributed by atoms with Crippen molar-refractivity contribution in [2.75, 3.05) is 36.9 Å². The fraction of sp³-hybridized carbons (Fsp3) is 0.238. The van der Waals surface area contributed by atoms with Crippen molar-refractivity contribution in [1.29, 1.82) is 0 Å². The van der Waals surface area contributed by atoms with Gasteiger partial charge in [-0.2, -0.15) is 0 Å². The van der Waals surface area contributed by atoms with Crippen LogP contribution in [0, 0.1) is 6.92 Å². The van der Waals surface area contributed by atoms with E-state index in [1.165, 1.54) is 0 Å². The summed E-state index contributed by atoms with van der Waals surface area (Å²) in [5.74, 6) is 0.172. The Morgan fingerprint density at radius 2 is 1.59 bits per heavy atom. The molecule has 1 fully saturated rings. The van der Waals surface area contributed by atoms with Crippen LogP contribution in [-0.4, -0.2) is 44.7 Å². The van der Waals surface area contributed by atoms with Crippen LogP contribution in [0.3, 0.4) is 0 Å². The minimum absolute atomic E-state index is 0.172. The zero-order valence-electron chi connectivity index (χ0n) is 16.1. The molecule has 0 bridgehead atoms. The minimum atomic E-state index is -3.68. The number of anilines is 2. The van der Waals surface area contributed by atoms with E-state index in [1.807, 2.05) is 13.0 Å². The molecule has 0 unspecified atom stereocenters. The highest BCUT2D eigenvalue weighted by Gasteiger charge is 2.22. The lowest BCUT2D eigenvalue weighted by Gasteiger charge is -2.29. The first-order valence-electron chi connectivity index (χ1n) is 9.31. The Morgan fingerprint density at radius 1 is 0.931 bits per heavy atom. The highest BCUT2D eigenvalue weighted by Crippen LogP contribution is 2.32. The van der Waals surface area contributed by atoms with Crippen molar-refractivity contribution in [2.24, 2.45) is 0 Å². The number of aryl methyl sites for hydroxylation is 1. The van der Waals surface area contributed by atoms with Crippen LogP contribution in [0.2, 0.25) is 0 Å². The standard InChI is InChI=1S/C21H22N4O3S/c1-15-2-4-19(5-3-15)29(26,27)20-11-16(17-13-23-21(22)24-14-17)10-18(12-20)25-6-8-28-9-7-25/h2-5,10-14H,6-9H2,1H3,(H2,22,23,24). The molecule has 1 aliphatic heterocycles. The third-order valence-corrected chi connectivity index (χ3v) is 6.66. The van der Waals surface area contributed by atoms with Gasteiger partial charge in [-0.05, 0) is 42.8 Å². The second-order valence-electron chi connectivity index (χ2n) is 6.96. The van der Waals surface area contributed by atoms with Crippen molar-refractivity contribution in [3.05, 3.63) is 60.4 Å². The Kier molecular flexibility index (Phi) is 5.21. The molecular weight excluding hydrogens is 388 g/mol. The summed E-state index contributed by atoms with van der Waals surface area (Å²) in [6, 6.07) is 12.2. The topological polar surface area (TPSA) is 98.4 Å². The molecular formula is C21H22N4O3S. The number of rotatable bonds is 4. The maximum absolute atomic E-state index is 13.3. The van der Waals surface area contributed by atoms with E-state index in [-0.39, 0.29) is 15.7 Å². The molecule has 0 atom stereocenters. The van der Waals surface area contributed by atoms with Crippen molar-refractivity contribution in [3.63, 3.8) is 0 Å². The first-order chi connectivity index (χ1) is 13.9. The van der Waals surface area contributed by atoms with E-state index in [4.69, 9.17) is 10.5 Å². The van der Waals surface area contributed by atoms with E-state index >= 15 is 0 Å². The number of hydrogen-bond donors (Lipinski definition) is 1. The molecule has 7 nitrogen and oxygen atoms in total. The zero-order chi connectivity index (χ0) is 20.4. The van der Waals surface area contributed by atoms with Crippen molar-refractivity contribution in [3.8, 4) is 11.1 Å². The van der Waals surface area contributed by atoms with Crippen molar-refractivity contribution >= 4 is 21.5 Å². The molecule has 0 saturated carbocycles. The number of nitrogens with zero attached hydrogens (tertiary/aromatic N) is 3. The van der Waals surface area contributed by atoms with Gasteiger partial charge in [-0.3, -0.25) is 0 Å². The molecule has 1 saturated heterocycles. The maximum atomic E-state index is 13.3. The first-order valence-corrected chi connectivity index (χ1v) is 10.8. The predicted molar refractivity (Wildman–Crippen MR) is 112 cm³/mol. The normalized spacial score (nSPS) is 14.7. The van der Waals surface area contributed by atoms with Gasteiger partial charge in [-0.25, -0.2) is 18.4 Å². The number of morpholine rings is 1. The second kappa shape index (κ2) is 7.81. The fourth-order valence-corrected chi connectivity index (χ4v) is 4.57. The number of nitrogens with two attached hydrogens (primary N) is 1. The lowest BCUT2D eigenvalue weighted by atomic mass is 10.1. The quantitative estimate of drug-likeness (QED) is 0.706. The molecule has 0 spiro atoms. The van der Waals surface area contributed by atoms with Crippen molar-refractivity contribution in [2.45, 2.75) is 16.7 Å². The first kappa shape index (κ1) is 19.4. The van der Waals surface area contributed by atoms with Crippen LogP contribution in [-0.2, 0) is 14.6 Å². The van der Waals surface area contributed by atoms with E-state index in [0.717, 1.165) is 16.8 Å². The molecule has 29 heavy (non-hydrogen) atoms. The average Bonchev–Trinajstić information content (AvgIpc) is 2.75. The Balaban J connectivity index is 1.84. The number of nitrogen functional groups attached to an aromatic ring is 1. The third kappa shape index (κ3) is 4.08. The van der Waals surface area contributed by atoms with E-state index < -0.39 is 9.84 Å². The summed E-state index contributed by atoms with van der Waals surface area (Å²) < 4.78 is 32.1. The van der Waals surface area contributed by atoms with E-state index in [0.29, 0.717) is 31.9 Å². The molecule has 1 aliphatic rings. The van der Waals surface area contributed by atoms with Gasteiger partial charge in [-0.1, -0.05) is 17.7 Å². The van der Waals surface area contributed by atoms with Crippen molar-refractivity contribution < 1.29 is 13.2 Å². The third-order valence-electron chi connectivity index (χ3n) is 4.91. The number of hydrogen-bond acceptors (Lipinski definition) is 7. The Bertz CT molecular complexity index is 1110. The molecule has 0 amide bonds. The van der Waals surface area contributed by atoms with Gasteiger partial charge >= 0.3 is 0 Å². The molecule has 0 aliphatic carbocycles. The summed E-state index contributed by atoms with van der Waals surface area (Å²) >= 11 is 0. The van der Waals surface area contributed by atoms with Crippen LogP contribution in [0.5, 0.6) is 0 Å². The molecule has 3 aromatic rings. The van der Waals surface area contributed by atoms with Crippen LogP contribution in [0.25, 0.3) is 11.1 Å². The molecule has 2 N–H and O–H groups in total. The van der Waals surface area contributed by atoms with Gasteiger partial charge in [0.2, 0.25) is 15.8 Å². The summed E-state index contributed by atoms with van der Waals surface area (Å²) in [4.78, 5) is 10.7. The van der Waals surface area contributed by atoms with E-state index in [1.54, 1.807) is 48.8 Å². The molecule has 8 heteroatoms. The molecule has 2 heterocycles. The highest BCUT2D eigenvalue weighted by atomic mass is 32.2. The Morgan fingerprint density at radius 3 is 2.24 bits per heavy atom. The maximum Gasteiger partial charge on any atom is 0.219 e. The van der Waals surface area contributed by atoms with Gasteiger partial charge in [0.1, 0.15) is 0 Å². The summed E-state index contributed by atoms with van der Waals surface area (Å²) in [6.45, 7) is 4.54. The monoisotopic (exact) mass is 410 g/mol. The van der Waals surface area contributed by atoms with Crippen molar-refractivity contribution in [1.82, 2.24) is 9.97 Å². The smallest absolute Gasteiger partial charge is 0.219 e. The summed E-state index contributed by atoms with van der Waals surface area (Å²) in [5.41, 5.74) is 8.86. The lowest BCUT2D eigenvalue weighted by Crippen LogP contribution is -2.36. The fourth-order valence-electron chi connectivity index (χ4n) is 3.25.